The molecule has 5 nitrogen and oxygen atoms in total. The maximum Gasteiger partial charge on any atom is 0.226 e. The highest BCUT2D eigenvalue weighted by Crippen LogP contribution is 2.20. The maximum atomic E-state index is 5.96. The Morgan fingerprint density at radius 1 is 1.23 bits per heavy atom. The number of fused-ring (bicyclic) bond motifs is 1. The molecule has 6 heteroatoms. The molecule has 3 rings (SSSR count). The van der Waals surface area contributed by atoms with Crippen molar-refractivity contribution in [1.29, 1.82) is 0 Å². The Morgan fingerprint density at radius 3 is 2.73 bits per heavy atom. The molecule has 1 aromatic carbocycles. The average molecular weight is 318 g/mol. The van der Waals surface area contributed by atoms with Crippen LogP contribution in [0.3, 0.4) is 0 Å². The molecular weight excluding hydrogens is 298 g/mol. The second-order valence-corrected chi connectivity index (χ2v) is 5.05. The van der Waals surface area contributed by atoms with Crippen molar-refractivity contribution in [3.8, 4) is 0 Å². The van der Waals surface area contributed by atoms with Crippen molar-refractivity contribution < 1.29 is 0 Å². The van der Waals surface area contributed by atoms with Crippen LogP contribution in [0.25, 0.3) is 11.2 Å². The summed E-state index contributed by atoms with van der Waals surface area (Å²) in [5.74, 6) is 0.655. The fraction of sp³-hybridized carbons (Fsp3) is 0.312. The first-order chi connectivity index (χ1) is 10.6. The van der Waals surface area contributed by atoms with Gasteiger partial charge in [0.15, 0.2) is 17.0 Å². The van der Waals surface area contributed by atoms with Crippen molar-refractivity contribution in [2.45, 2.75) is 27.3 Å². The maximum absolute atomic E-state index is 5.96. The van der Waals surface area contributed by atoms with Crippen molar-refractivity contribution >= 4 is 28.6 Å². The summed E-state index contributed by atoms with van der Waals surface area (Å²) in [5.41, 5.74) is 3.86. The quantitative estimate of drug-likeness (QED) is 0.743. The van der Waals surface area contributed by atoms with Crippen molar-refractivity contribution in [3.63, 3.8) is 0 Å². The molecule has 2 aromatic heterocycles. The lowest BCUT2D eigenvalue weighted by Gasteiger charge is -2.07. The predicted octanol–water partition coefficient (Wildman–Crippen LogP) is 3.96. The Balaban J connectivity index is 0.000000847. The van der Waals surface area contributed by atoms with Crippen molar-refractivity contribution in [1.82, 2.24) is 19.5 Å². The summed E-state index contributed by atoms with van der Waals surface area (Å²) in [4.78, 5) is 12.7. The summed E-state index contributed by atoms with van der Waals surface area (Å²) >= 11 is 5.96. The first kappa shape index (κ1) is 16.2. The van der Waals surface area contributed by atoms with Crippen LogP contribution in [-0.4, -0.2) is 19.5 Å². The summed E-state index contributed by atoms with van der Waals surface area (Å²) in [6, 6.07) is 8.31. The summed E-state index contributed by atoms with van der Waals surface area (Å²) in [6.07, 6.45) is 1.70. The first-order valence-electron chi connectivity index (χ1n) is 7.27. The number of halogens is 1. The minimum Gasteiger partial charge on any atom is -0.364 e. The molecule has 0 fully saturated rings. The summed E-state index contributed by atoms with van der Waals surface area (Å²) in [5, 5.41) is 3.49. The molecule has 0 aliphatic heterocycles. The van der Waals surface area contributed by atoms with Crippen LogP contribution in [-0.2, 0) is 13.6 Å². The van der Waals surface area contributed by atoms with Gasteiger partial charge in [0, 0.05) is 13.6 Å². The van der Waals surface area contributed by atoms with Gasteiger partial charge in [-0.3, -0.25) is 0 Å². The minimum absolute atomic E-state index is 0.216. The Labute approximate surface area is 135 Å². The molecule has 3 aromatic rings. The Bertz CT molecular complexity index is 766. The zero-order chi connectivity index (χ0) is 16.1. The van der Waals surface area contributed by atoms with E-state index in [0.717, 1.165) is 11.2 Å². The van der Waals surface area contributed by atoms with Crippen LogP contribution in [0.15, 0.2) is 30.6 Å². The average Bonchev–Trinajstić information content (AvgIpc) is 2.88. The monoisotopic (exact) mass is 317 g/mol. The van der Waals surface area contributed by atoms with E-state index in [4.69, 9.17) is 11.6 Å². The molecule has 2 heterocycles. The van der Waals surface area contributed by atoms with Crippen LogP contribution in [0.4, 0.5) is 5.82 Å². The molecule has 0 unspecified atom stereocenters. The van der Waals surface area contributed by atoms with Crippen LogP contribution >= 0.6 is 11.6 Å². The van der Waals surface area contributed by atoms with Crippen LogP contribution in [0.5, 0.6) is 0 Å². The standard InChI is InChI=1S/C14H14ClN5.C2H6/c1-9-4-3-5-10(6-9)7-16-12-11-13(19-14(15)18-12)20(2)8-17-11;1-2/h3-6,8H,7H2,1-2H3,(H,16,18,19);1-2H3. The number of hydrogen-bond acceptors (Lipinski definition) is 4. The zero-order valence-corrected chi connectivity index (χ0v) is 14.0. The van der Waals surface area contributed by atoms with Crippen LogP contribution in [0.1, 0.15) is 25.0 Å². The van der Waals surface area contributed by atoms with E-state index < -0.39 is 0 Å². The Kier molecular flexibility index (Phi) is 5.33. The number of aryl methyl sites for hydroxylation is 2. The van der Waals surface area contributed by atoms with E-state index in [1.807, 2.05) is 31.5 Å². The molecule has 0 saturated carbocycles. The van der Waals surface area contributed by atoms with Crippen LogP contribution < -0.4 is 5.32 Å². The van der Waals surface area contributed by atoms with Gasteiger partial charge >= 0.3 is 0 Å². The predicted molar refractivity (Wildman–Crippen MR) is 91.2 cm³/mol. The fourth-order valence-corrected chi connectivity index (χ4v) is 2.28. The van der Waals surface area contributed by atoms with Gasteiger partial charge in [-0.2, -0.15) is 9.97 Å². The van der Waals surface area contributed by atoms with E-state index in [1.165, 1.54) is 11.1 Å². The van der Waals surface area contributed by atoms with Crippen molar-refractivity contribution in [2.24, 2.45) is 7.05 Å². The lowest BCUT2D eigenvalue weighted by atomic mass is 10.1. The lowest BCUT2D eigenvalue weighted by molar-refractivity contribution is 0.928. The van der Waals surface area contributed by atoms with Crippen LogP contribution in [0, 0.1) is 6.92 Å². The van der Waals surface area contributed by atoms with E-state index in [9.17, 15) is 0 Å². The summed E-state index contributed by atoms with van der Waals surface area (Å²) in [7, 11) is 1.88. The highest BCUT2D eigenvalue weighted by atomic mass is 35.5. The van der Waals surface area contributed by atoms with Crippen molar-refractivity contribution in [2.75, 3.05) is 5.32 Å². The fourth-order valence-electron chi connectivity index (χ4n) is 2.11. The van der Waals surface area contributed by atoms with E-state index >= 15 is 0 Å². The molecular formula is C16H20ClN5. The number of benzene rings is 1. The molecule has 0 atom stereocenters. The summed E-state index contributed by atoms with van der Waals surface area (Å²) < 4.78 is 1.82. The number of aromatic nitrogens is 4. The highest BCUT2D eigenvalue weighted by molar-refractivity contribution is 6.28. The van der Waals surface area contributed by atoms with Gasteiger partial charge in [0.25, 0.3) is 0 Å². The van der Waals surface area contributed by atoms with E-state index in [1.54, 1.807) is 6.33 Å². The number of rotatable bonds is 3. The number of imidazole rings is 1. The largest absolute Gasteiger partial charge is 0.364 e. The molecule has 22 heavy (non-hydrogen) atoms. The van der Waals surface area contributed by atoms with Gasteiger partial charge in [0.1, 0.15) is 0 Å². The first-order valence-corrected chi connectivity index (χ1v) is 7.65. The number of nitrogens with zero attached hydrogens (tertiary/aromatic N) is 4. The van der Waals surface area contributed by atoms with Gasteiger partial charge < -0.3 is 9.88 Å². The molecule has 0 spiro atoms. The normalized spacial score (nSPS) is 10.2. The molecule has 0 amide bonds. The Morgan fingerprint density at radius 2 is 2.00 bits per heavy atom. The smallest absolute Gasteiger partial charge is 0.226 e. The van der Waals surface area contributed by atoms with Gasteiger partial charge in [-0.05, 0) is 24.1 Å². The SMILES string of the molecule is CC.Cc1cccc(CNc2nc(Cl)nc3c2ncn3C)c1. The number of nitrogens with one attached hydrogen (secondary N) is 1. The van der Waals surface area contributed by atoms with E-state index in [0.29, 0.717) is 12.4 Å². The molecule has 0 bridgehead atoms. The third kappa shape index (κ3) is 3.54. The molecule has 0 aliphatic carbocycles. The van der Waals surface area contributed by atoms with Crippen LogP contribution in [0.2, 0.25) is 5.28 Å². The molecule has 1 N–H and O–H groups in total. The van der Waals surface area contributed by atoms with Crippen molar-refractivity contribution in [3.05, 3.63) is 47.0 Å². The molecule has 0 aliphatic rings. The number of hydrogen-bond donors (Lipinski definition) is 1. The van der Waals surface area contributed by atoms with E-state index in [2.05, 4.69) is 45.4 Å². The minimum atomic E-state index is 0.216. The molecule has 0 radical (unpaired) electrons. The van der Waals surface area contributed by atoms with Gasteiger partial charge in [0.2, 0.25) is 5.28 Å². The topological polar surface area (TPSA) is 55.6 Å². The molecule has 0 saturated heterocycles. The van der Waals surface area contributed by atoms with Gasteiger partial charge in [-0.25, -0.2) is 4.98 Å². The van der Waals surface area contributed by atoms with Gasteiger partial charge in [-0.15, -0.1) is 0 Å². The second-order valence-electron chi connectivity index (χ2n) is 4.71. The third-order valence-corrected chi connectivity index (χ3v) is 3.24. The highest BCUT2D eigenvalue weighted by Gasteiger charge is 2.10. The zero-order valence-electron chi connectivity index (χ0n) is 13.3. The molecule has 116 valence electrons. The van der Waals surface area contributed by atoms with Gasteiger partial charge in [0.05, 0.1) is 6.33 Å². The number of anilines is 1. The van der Waals surface area contributed by atoms with Gasteiger partial charge in [-0.1, -0.05) is 43.7 Å². The second kappa shape index (κ2) is 7.22. The summed E-state index contributed by atoms with van der Waals surface area (Å²) in [6.45, 7) is 6.74. The Hall–Kier alpha value is -2.14. The van der Waals surface area contributed by atoms with E-state index in [-0.39, 0.29) is 5.28 Å². The lowest BCUT2D eigenvalue weighted by Crippen LogP contribution is -2.04. The third-order valence-electron chi connectivity index (χ3n) is 3.07.